The van der Waals surface area contributed by atoms with Gasteiger partial charge in [0.2, 0.25) is 0 Å². The van der Waals surface area contributed by atoms with Crippen molar-refractivity contribution in [1.29, 1.82) is 0 Å². The van der Waals surface area contributed by atoms with Crippen molar-refractivity contribution < 1.29 is 13.5 Å². The number of phenols is 1. The summed E-state index contributed by atoms with van der Waals surface area (Å²) in [5.74, 6) is 0.195. The average Bonchev–Trinajstić information content (AvgIpc) is 2.63. The predicted molar refractivity (Wildman–Crippen MR) is 98.8 cm³/mol. The minimum absolute atomic E-state index is 0.0411. The van der Waals surface area contributed by atoms with E-state index in [4.69, 9.17) is 11.6 Å². The van der Waals surface area contributed by atoms with Crippen LogP contribution in [-0.4, -0.2) is 18.5 Å². The molecule has 26 heavy (non-hydrogen) atoms. The average molecular weight is 389 g/mol. The Kier molecular flexibility index (Phi) is 5.15. The SMILES string of the molecule is O=S(=O)(Nc1ccccn1)c1ccc(N=Nc2ccc(O)c(Cl)c2)cc1. The van der Waals surface area contributed by atoms with Crippen molar-refractivity contribution in [2.45, 2.75) is 4.90 Å². The number of benzene rings is 2. The molecule has 0 radical (unpaired) electrons. The van der Waals surface area contributed by atoms with Gasteiger partial charge in [0.25, 0.3) is 10.0 Å². The van der Waals surface area contributed by atoms with Gasteiger partial charge in [0.15, 0.2) is 0 Å². The number of aromatic nitrogens is 1. The zero-order chi connectivity index (χ0) is 18.6. The minimum atomic E-state index is -3.74. The van der Waals surface area contributed by atoms with E-state index in [1.807, 2.05) is 0 Å². The minimum Gasteiger partial charge on any atom is -0.506 e. The van der Waals surface area contributed by atoms with Crippen LogP contribution in [0.4, 0.5) is 17.2 Å². The van der Waals surface area contributed by atoms with E-state index in [1.54, 1.807) is 24.3 Å². The number of nitrogens with zero attached hydrogens (tertiary/aromatic N) is 3. The van der Waals surface area contributed by atoms with E-state index >= 15 is 0 Å². The number of sulfonamides is 1. The van der Waals surface area contributed by atoms with Crippen LogP contribution in [0.25, 0.3) is 0 Å². The van der Waals surface area contributed by atoms with Crippen LogP contribution >= 0.6 is 11.6 Å². The molecule has 1 heterocycles. The van der Waals surface area contributed by atoms with Crippen LogP contribution in [0.5, 0.6) is 5.75 Å². The standard InChI is InChI=1S/C17H13ClN4O3S/c18-15-11-13(6-9-16(15)23)21-20-12-4-7-14(8-5-12)26(24,25)22-17-3-1-2-10-19-17/h1-11,23H,(H,19,22). The van der Waals surface area contributed by atoms with Crippen LogP contribution in [0.2, 0.25) is 5.02 Å². The van der Waals surface area contributed by atoms with Gasteiger partial charge in [-0.2, -0.15) is 10.2 Å². The van der Waals surface area contributed by atoms with Crippen LogP contribution in [0.1, 0.15) is 0 Å². The number of phenolic OH excluding ortho intramolecular Hbond substituents is 1. The molecule has 3 aromatic rings. The highest BCUT2D eigenvalue weighted by Gasteiger charge is 2.14. The molecule has 3 rings (SSSR count). The lowest BCUT2D eigenvalue weighted by atomic mass is 10.3. The van der Waals surface area contributed by atoms with Gasteiger partial charge in [0, 0.05) is 6.20 Å². The van der Waals surface area contributed by atoms with Crippen LogP contribution < -0.4 is 4.72 Å². The van der Waals surface area contributed by atoms with E-state index in [0.717, 1.165) is 0 Å². The number of halogens is 1. The second-order valence-electron chi connectivity index (χ2n) is 5.15. The molecule has 0 atom stereocenters. The van der Waals surface area contributed by atoms with Crippen molar-refractivity contribution in [2.75, 3.05) is 4.72 Å². The predicted octanol–water partition coefficient (Wildman–Crippen LogP) is 4.66. The lowest BCUT2D eigenvalue weighted by molar-refractivity contribution is 0.475. The molecule has 0 fully saturated rings. The highest BCUT2D eigenvalue weighted by molar-refractivity contribution is 7.92. The number of azo groups is 1. The molecule has 1 aromatic heterocycles. The van der Waals surface area contributed by atoms with Crippen LogP contribution in [0.3, 0.4) is 0 Å². The zero-order valence-electron chi connectivity index (χ0n) is 13.2. The molecule has 0 saturated heterocycles. The summed E-state index contributed by atoms with van der Waals surface area (Å²) in [7, 11) is -3.74. The Morgan fingerprint density at radius 2 is 1.65 bits per heavy atom. The van der Waals surface area contributed by atoms with E-state index < -0.39 is 10.0 Å². The number of aromatic hydroxyl groups is 1. The van der Waals surface area contributed by atoms with Crippen molar-refractivity contribution in [3.05, 3.63) is 71.9 Å². The number of hydrogen-bond acceptors (Lipinski definition) is 6. The largest absolute Gasteiger partial charge is 0.506 e. The van der Waals surface area contributed by atoms with Crippen molar-refractivity contribution in [2.24, 2.45) is 10.2 Å². The number of anilines is 1. The van der Waals surface area contributed by atoms with E-state index in [9.17, 15) is 13.5 Å². The zero-order valence-corrected chi connectivity index (χ0v) is 14.8. The molecule has 0 aliphatic carbocycles. The first-order chi connectivity index (χ1) is 12.4. The monoisotopic (exact) mass is 388 g/mol. The second-order valence-corrected chi connectivity index (χ2v) is 7.24. The van der Waals surface area contributed by atoms with Gasteiger partial charge in [-0.1, -0.05) is 17.7 Å². The molecule has 0 bridgehead atoms. The fourth-order valence-electron chi connectivity index (χ4n) is 1.99. The second kappa shape index (κ2) is 7.51. The third-order valence-electron chi connectivity index (χ3n) is 3.26. The number of nitrogens with one attached hydrogen (secondary N) is 1. The Morgan fingerprint density at radius 1 is 0.962 bits per heavy atom. The molecule has 0 amide bonds. The summed E-state index contributed by atoms with van der Waals surface area (Å²) in [6, 6.07) is 15.3. The summed E-state index contributed by atoms with van der Waals surface area (Å²) in [5, 5.41) is 17.5. The van der Waals surface area contributed by atoms with Crippen molar-refractivity contribution in [3.63, 3.8) is 0 Å². The van der Waals surface area contributed by atoms with Crippen molar-refractivity contribution in [3.8, 4) is 5.75 Å². The molecule has 9 heteroatoms. The van der Waals surface area contributed by atoms with Gasteiger partial charge >= 0.3 is 0 Å². The molecule has 2 aromatic carbocycles. The molecular formula is C17H13ClN4O3S. The quantitative estimate of drug-likeness (QED) is 0.620. The van der Waals surface area contributed by atoms with E-state index in [2.05, 4.69) is 19.9 Å². The Hall–Kier alpha value is -2.97. The van der Waals surface area contributed by atoms with Crippen molar-refractivity contribution >= 4 is 38.8 Å². The van der Waals surface area contributed by atoms with Gasteiger partial charge in [0.05, 0.1) is 21.3 Å². The highest BCUT2D eigenvalue weighted by Crippen LogP contribution is 2.29. The maximum absolute atomic E-state index is 12.3. The van der Waals surface area contributed by atoms with Crippen LogP contribution in [0.15, 0.2) is 82.0 Å². The number of rotatable bonds is 5. The Morgan fingerprint density at radius 3 is 2.31 bits per heavy atom. The third kappa shape index (κ3) is 4.35. The first-order valence-corrected chi connectivity index (χ1v) is 9.24. The fraction of sp³-hybridized carbons (Fsp3) is 0. The summed E-state index contributed by atoms with van der Waals surface area (Å²) >= 11 is 5.80. The van der Waals surface area contributed by atoms with Gasteiger partial charge in [-0.05, 0) is 54.6 Å². The first-order valence-electron chi connectivity index (χ1n) is 7.38. The summed E-state index contributed by atoms with van der Waals surface area (Å²) in [5.41, 5.74) is 0.923. The van der Waals surface area contributed by atoms with Gasteiger partial charge in [-0.3, -0.25) is 4.72 Å². The summed E-state index contributed by atoms with van der Waals surface area (Å²) in [6.45, 7) is 0. The summed E-state index contributed by atoms with van der Waals surface area (Å²) in [4.78, 5) is 4.01. The molecule has 7 nitrogen and oxygen atoms in total. The molecule has 0 aliphatic heterocycles. The lowest BCUT2D eigenvalue weighted by Gasteiger charge is -2.06. The van der Waals surface area contributed by atoms with E-state index in [-0.39, 0.29) is 21.5 Å². The molecule has 0 saturated carbocycles. The molecule has 2 N–H and O–H groups in total. The molecular weight excluding hydrogens is 376 g/mol. The summed E-state index contributed by atoms with van der Waals surface area (Å²) in [6.07, 6.45) is 1.50. The van der Waals surface area contributed by atoms with Gasteiger partial charge in [0.1, 0.15) is 11.6 Å². The number of hydrogen-bond donors (Lipinski definition) is 2. The Bertz CT molecular complexity index is 1040. The molecule has 0 unspecified atom stereocenters. The number of pyridine rings is 1. The van der Waals surface area contributed by atoms with Gasteiger partial charge < -0.3 is 5.11 Å². The van der Waals surface area contributed by atoms with Gasteiger partial charge in [-0.15, -0.1) is 0 Å². The molecule has 0 spiro atoms. The first kappa shape index (κ1) is 17.8. The van der Waals surface area contributed by atoms with Gasteiger partial charge in [-0.25, -0.2) is 13.4 Å². The summed E-state index contributed by atoms with van der Waals surface area (Å²) < 4.78 is 27.0. The van der Waals surface area contributed by atoms with E-state index in [1.165, 1.54) is 42.6 Å². The van der Waals surface area contributed by atoms with Crippen LogP contribution in [0, 0.1) is 0 Å². The normalized spacial score (nSPS) is 11.6. The fourth-order valence-corrected chi connectivity index (χ4v) is 3.17. The maximum Gasteiger partial charge on any atom is 0.263 e. The lowest BCUT2D eigenvalue weighted by Crippen LogP contribution is -2.13. The topological polar surface area (TPSA) is 104 Å². The highest BCUT2D eigenvalue weighted by atomic mass is 35.5. The Balaban J connectivity index is 1.75. The Labute approximate surface area is 155 Å². The maximum atomic E-state index is 12.3. The molecule has 132 valence electrons. The van der Waals surface area contributed by atoms with E-state index in [0.29, 0.717) is 11.4 Å². The van der Waals surface area contributed by atoms with Crippen LogP contribution in [-0.2, 0) is 10.0 Å². The van der Waals surface area contributed by atoms with Crippen molar-refractivity contribution in [1.82, 2.24) is 4.98 Å². The molecule has 0 aliphatic rings. The third-order valence-corrected chi connectivity index (χ3v) is 4.94. The smallest absolute Gasteiger partial charge is 0.263 e.